The van der Waals surface area contributed by atoms with Crippen molar-refractivity contribution >= 4 is 11.8 Å². The van der Waals surface area contributed by atoms with Crippen LogP contribution in [0, 0.1) is 46.3 Å². The van der Waals surface area contributed by atoms with Crippen LogP contribution >= 0.6 is 11.8 Å². The van der Waals surface area contributed by atoms with E-state index < -0.39 is 18.1 Å². The third-order valence-electron chi connectivity index (χ3n) is 11.0. The van der Waals surface area contributed by atoms with Gasteiger partial charge in [0.15, 0.2) is 5.50 Å². The van der Waals surface area contributed by atoms with Gasteiger partial charge in [-0.25, -0.2) is 4.39 Å². The first kappa shape index (κ1) is 25.0. The van der Waals surface area contributed by atoms with Gasteiger partial charge in [0.2, 0.25) is 0 Å². The minimum atomic E-state index is -4.04. The minimum absolute atomic E-state index is 0.0865. The maximum atomic E-state index is 15.3. The van der Waals surface area contributed by atoms with Gasteiger partial charge in [0.25, 0.3) is 0 Å². The minimum Gasteiger partial charge on any atom is -0.235 e. The Hall–Kier alpha value is -0.710. The normalized spacial score (nSPS) is 43.0. The molecule has 0 amide bonds. The lowest BCUT2D eigenvalue weighted by atomic mass is 9.44. The van der Waals surface area contributed by atoms with E-state index in [4.69, 9.17) is 0 Å². The summed E-state index contributed by atoms with van der Waals surface area (Å²) < 4.78 is 54.1. The van der Waals surface area contributed by atoms with E-state index in [1.807, 2.05) is 30.3 Å². The van der Waals surface area contributed by atoms with Crippen LogP contribution in [0.2, 0.25) is 0 Å². The molecule has 4 aliphatic rings. The number of fused-ring (bicyclic) bond motifs is 5. The van der Waals surface area contributed by atoms with Crippen molar-refractivity contribution in [2.45, 2.75) is 101 Å². The van der Waals surface area contributed by atoms with Crippen molar-refractivity contribution in [3.05, 3.63) is 30.3 Å². The van der Waals surface area contributed by atoms with Crippen LogP contribution in [0.15, 0.2) is 35.2 Å². The fourth-order valence-corrected chi connectivity index (χ4v) is 10.2. The Labute approximate surface area is 207 Å². The summed E-state index contributed by atoms with van der Waals surface area (Å²) in [6.07, 6.45) is 5.44. The van der Waals surface area contributed by atoms with E-state index in [2.05, 4.69) is 13.8 Å². The van der Waals surface area contributed by atoms with E-state index in [-0.39, 0.29) is 22.7 Å². The molecule has 0 heterocycles. The lowest BCUT2D eigenvalue weighted by Gasteiger charge is -2.61. The lowest BCUT2D eigenvalue weighted by molar-refractivity contribution is -0.144. The van der Waals surface area contributed by atoms with E-state index in [0.29, 0.717) is 30.1 Å². The number of benzene rings is 1. The number of alkyl halides is 4. The molecule has 0 nitrogen and oxygen atoms in total. The molecule has 0 radical (unpaired) electrons. The largest absolute Gasteiger partial charge is 0.389 e. The molecule has 5 rings (SSSR count). The second-order valence-corrected chi connectivity index (χ2v) is 13.6. The predicted octanol–water partition coefficient (Wildman–Crippen LogP) is 9.69. The van der Waals surface area contributed by atoms with Crippen molar-refractivity contribution < 1.29 is 17.6 Å². The molecule has 1 aromatic carbocycles. The van der Waals surface area contributed by atoms with Crippen LogP contribution in [-0.4, -0.2) is 11.7 Å². The van der Waals surface area contributed by atoms with Gasteiger partial charge in [-0.3, -0.25) is 0 Å². The smallest absolute Gasteiger partial charge is 0.235 e. The molecule has 4 aliphatic carbocycles. The SMILES string of the molecule is CC12CCC3C(CCC4CC(C(F)Sc5ccccc5)CCC43C)C1CCC2CCC(F)(F)F. The quantitative estimate of drug-likeness (QED) is 0.289. The molecular weight excluding hydrogens is 456 g/mol. The number of hydrogen-bond acceptors (Lipinski definition) is 1. The van der Waals surface area contributed by atoms with Crippen LogP contribution in [0.5, 0.6) is 0 Å². The molecule has 34 heavy (non-hydrogen) atoms. The van der Waals surface area contributed by atoms with Gasteiger partial charge in [-0.2, -0.15) is 13.2 Å². The number of halogens is 4. The average Bonchev–Trinajstić information content (AvgIpc) is 3.13. The Balaban J connectivity index is 1.24. The van der Waals surface area contributed by atoms with Crippen molar-refractivity contribution in [1.82, 2.24) is 0 Å². The van der Waals surface area contributed by atoms with Crippen LogP contribution in [0.3, 0.4) is 0 Å². The first-order valence-corrected chi connectivity index (χ1v) is 14.4. The van der Waals surface area contributed by atoms with Crippen LogP contribution < -0.4 is 0 Å². The summed E-state index contributed by atoms with van der Waals surface area (Å²) in [5, 5.41) is 0. The highest BCUT2D eigenvalue weighted by Gasteiger charge is 2.60. The standard InChI is InChI=1S/C29H40F4S/c1-27-16-14-25-23(24(27)11-9-20(27)13-17-29(31,32)33)10-8-21-18-19(12-15-28(21,25)2)26(30)34-22-6-4-3-5-7-22/h3-7,19-21,23-26H,8-18H2,1-2H3. The molecule has 0 aliphatic heterocycles. The Morgan fingerprint density at radius 1 is 0.912 bits per heavy atom. The molecule has 0 spiro atoms. The van der Waals surface area contributed by atoms with E-state index >= 15 is 4.39 Å². The second-order valence-electron chi connectivity index (χ2n) is 12.4. The van der Waals surface area contributed by atoms with E-state index in [1.54, 1.807) is 0 Å². The maximum Gasteiger partial charge on any atom is 0.389 e. The number of thioether (sulfide) groups is 1. The summed E-state index contributed by atoms with van der Waals surface area (Å²) in [5.41, 5.74) is -0.478. The summed E-state index contributed by atoms with van der Waals surface area (Å²) in [5.74, 6) is 2.87. The van der Waals surface area contributed by atoms with Crippen LogP contribution in [0.25, 0.3) is 0 Å². The van der Waals surface area contributed by atoms with Gasteiger partial charge < -0.3 is 0 Å². The van der Waals surface area contributed by atoms with E-state index in [1.165, 1.54) is 24.6 Å². The topological polar surface area (TPSA) is 0 Å². The van der Waals surface area contributed by atoms with Gasteiger partial charge >= 0.3 is 6.18 Å². The first-order valence-electron chi connectivity index (χ1n) is 13.5. The van der Waals surface area contributed by atoms with Crippen molar-refractivity contribution in [3.63, 3.8) is 0 Å². The highest BCUT2D eigenvalue weighted by Crippen LogP contribution is 2.68. The van der Waals surface area contributed by atoms with Crippen LogP contribution in [-0.2, 0) is 0 Å². The van der Waals surface area contributed by atoms with Gasteiger partial charge in [0.1, 0.15) is 0 Å². The molecule has 1 aromatic rings. The first-order chi connectivity index (χ1) is 16.1. The second kappa shape index (κ2) is 9.30. The van der Waals surface area contributed by atoms with Gasteiger partial charge in [-0.15, -0.1) is 0 Å². The monoisotopic (exact) mass is 496 g/mol. The van der Waals surface area contributed by atoms with E-state index in [9.17, 15) is 13.2 Å². The van der Waals surface area contributed by atoms with Crippen molar-refractivity contribution in [2.24, 2.45) is 46.3 Å². The molecule has 5 heteroatoms. The van der Waals surface area contributed by atoms with Crippen molar-refractivity contribution in [3.8, 4) is 0 Å². The van der Waals surface area contributed by atoms with Gasteiger partial charge in [-0.05, 0) is 117 Å². The molecule has 0 N–H and O–H groups in total. The molecule has 0 saturated heterocycles. The maximum absolute atomic E-state index is 15.3. The highest BCUT2D eigenvalue weighted by atomic mass is 32.2. The molecule has 0 bridgehead atoms. The van der Waals surface area contributed by atoms with Gasteiger partial charge in [0, 0.05) is 17.2 Å². The van der Waals surface area contributed by atoms with Gasteiger partial charge in [0.05, 0.1) is 0 Å². The van der Waals surface area contributed by atoms with Gasteiger partial charge in [-0.1, -0.05) is 43.8 Å². The zero-order chi connectivity index (χ0) is 24.1. The van der Waals surface area contributed by atoms with Crippen molar-refractivity contribution in [2.75, 3.05) is 0 Å². The predicted molar refractivity (Wildman–Crippen MR) is 131 cm³/mol. The zero-order valence-corrected chi connectivity index (χ0v) is 21.4. The van der Waals surface area contributed by atoms with Crippen molar-refractivity contribution in [1.29, 1.82) is 0 Å². The average molecular weight is 497 g/mol. The molecule has 0 aromatic heterocycles. The summed E-state index contributed by atoms with van der Waals surface area (Å²) in [6, 6.07) is 9.92. The number of hydrogen-bond donors (Lipinski definition) is 0. The lowest BCUT2D eigenvalue weighted by Crippen LogP contribution is -2.53. The summed E-state index contributed by atoms with van der Waals surface area (Å²) in [4.78, 5) is 1.01. The van der Waals surface area contributed by atoms with E-state index in [0.717, 1.165) is 49.8 Å². The fourth-order valence-electron chi connectivity index (χ4n) is 9.18. The Kier molecular flexibility index (Phi) is 6.83. The highest BCUT2D eigenvalue weighted by molar-refractivity contribution is 7.99. The number of rotatable bonds is 5. The Morgan fingerprint density at radius 3 is 2.35 bits per heavy atom. The summed E-state index contributed by atoms with van der Waals surface area (Å²) >= 11 is 1.38. The third kappa shape index (κ3) is 4.57. The Bertz CT molecular complexity index is 840. The third-order valence-corrected chi connectivity index (χ3v) is 12.2. The van der Waals surface area contributed by atoms with Crippen LogP contribution in [0.4, 0.5) is 17.6 Å². The van der Waals surface area contributed by atoms with Crippen LogP contribution in [0.1, 0.15) is 84.5 Å². The molecule has 9 atom stereocenters. The fraction of sp³-hybridized carbons (Fsp3) is 0.793. The summed E-state index contributed by atoms with van der Waals surface area (Å²) in [6.45, 7) is 4.81. The zero-order valence-electron chi connectivity index (χ0n) is 20.6. The molecule has 4 saturated carbocycles. The molecular formula is C29H40F4S. The molecule has 4 fully saturated rings. The summed E-state index contributed by atoms with van der Waals surface area (Å²) in [7, 11) is 0. The molecule has 9 unspecified atom stereocenters. The Morgan fingerprint density at radius 2 is 1.62 bits per heavy atom. The molecule has 190 valence electrons.